The van der Waals surface area contributed by atoms with Gasteiger partial charge in [-0.3, -0.25) is 0 Å². The first-order valence-electron chi connectivity index (χ1n) is 5.95. The molecule has 0 aliphatic heterocycles. The van der Waals surface area contributed by atoms with Gasteiger partial charge in [0.15, 0.2) is 17.3 Å². The van der Waals surface area contributed by atoms with Crippen molar-refractivity contribution in [3.63, 3.8) is 0 Å². The van der Waals surface area contributed by atoms with E-state index in [2.05, 4.69) is 19.9 Å². The van der Waals surface area contributed by atoms with Gasteiger partial charge >= 0.3 is 0 Å². The number of hydrogen-bond acceptors (Lipinski definition) is 6. The van der Waals surface area contributed by atoms with Crippen LogP contribution >= 0.6 is 23.2 Å². The van der Waals surface area contributed by atoms with Crippen LogP contribution in [0.25, 0.3) is 11.2 Å². The van der Waals surface area contributed by atoms with E-state index in [-0.39, 0.29) is 12.4 Å². The van der Waals surface area contributed by atoms with E-state index in [1.807, 2.05) is 0 Å². The maximum absolute atomic E-state index is 6.04. The quantitative estimate of drug-likeness (QED) is 0.798. The lowest BCUT2D eigenvalue weighted by molar-refractivity contribution is 0.296. The summed E-state index contributed by atoms with van der Waals surface area (Å²) in [5, 5.41) is 0.756. The number of aromatic nitrogens is 4. The van der Waals surface area contributed by atoms with Gasteiger partial charge in [-0.2, -0.15) is 0 Å². The zero-order valence-electron chi connectivity index (χ0n) is 10.6. The molecule has 2 heterocycles. The van der Waals surface area contributed by atoms with Crippen molar-refractivity contribution in [1.29, 1.82) is 0 Å². The van der Waals surface area contributed by atoms with E-state index in [0.29, 0.717) is 32.8 Å². The third kappa shape index (κ3) is 2.81. The van der Waals surface area contributed by atoms with Gasteiger partial charge in [0.1, 0.15) is 22.9 Å². The van der Waals surface area contributed by atoms with Crippen LogP contribution < -0.4 is 10.5 Å². The molecule has 2 N–H and O–H groups in total. The highest BCUT2D eigenvalue weighted by Crippen LogP contribution is 2.31. The van der Waals surface area contributed by atoms with Crippen molar-refractivity contribution in [2.45, 2.75) is 6.61 Å². The molecule has 0 aliphatic carbocycles. The SMILES string of the molecule is Nc1nc(COc2cccc(Cl)c2Cl)nc2nccnc12. The summed E-state index contributed by atoms with van der Waals surface area (Å²) in [5.74, 6) is 1.09. The average molecular weight is 322 g/mol. The molecule has 106 valence electrons. The maximum Gasteiger partial charge on any atom is 0.183 e. The molecule has 3 rings (SSSR count). The standard InChI is InChI=1S/C13H9Cl2N5O/c14-7-2-1-3-8(10(7)15)21-6-9-19-12(16)11-13(20-9)18-5-4-17-11/h1-5H,6H2,(H2,16,18,19,20). The second-order valence-corrected chi connectivity index (χ2v) is 4.88. The first-order chi connectivity index (χ1) is 10.1. The normalized spacial score (nSPS) is 10.8. The van der Waals surface area contributed by atoms with Gasteiger partial charge in [0, 0.05) is 12.4 Å². The molecule has 0 amide bonds. The van der Waals surface area contributed by atoms with Crippen molar-refractivity contribution in [3.05, 3.63) is 46.5 Å². The number of ether oxygens (including phenoxy) is 1. The van der Waals surface area contributed by atoms with Crippen LogP contribution in [-0.4, -0.2) is 19.9 Å². The van der Waals surface area contributed by atoms with Crippen LogP contribution in [0.15, 0.2) is 30.6 Å². The number of halogens is 2. The van der Waals surface area contributed by atoms with Crippen LogP contribution in [0.1, 0.15) is 5.82 Å². The van der Waals surface area contributed by atoms with Gasteiger partial charge in [-0.05, 0) is 12.1 Å². The molecule has 21 heavy (non-hydrogen) atoms. The molecule has 0 saturated carbocycles. The Hall–Kier alpha value is -2.18. The van der Waals surface area contributed by atoms with Crippen LogP contribution in [0.5, 0.6) is 5.75 Å². The molecule has 0 aliphatic rings. The second-order valence-electron chi connectivity index (χ2n) is 4.09. The Bertz CT molecular complexity index is 812. The number of fused-ring (bicyclic) bond motifs is 1. The summed E-state index contributed by atoms with van der Waals surface area (Å²) in [6.07, 6.45) is 3.07. The van der Waals surface area contributed by atoms with E-state index in [9.17, 15) is 0 Å². The lowest BCUT2D eigenvalue weighted by Gasteiger charge is -2.08. The fourth-order valence-corrected chi connectivity index (χ4v) is 2.08. The highest BCUT2D eigenvalue weighted by atomic mass is 35.5. The Balaban J connectivity index is 1.87. The number of nitrogens with two attached hydrogens (primary N) is 1. The van der Waals surface area contributed by atoms with Crippen molar-refractivity contribution in [2.24, 2.45) is 0 Å². The van der Waals surface area contributed by atoms with E-state index in [0.717, 1.165) is 0 Å². The Kier molecular flexibility index (Phi) is 3.72. The lowest BCUT2D eigenvalue weighted by atomic mass is 10.3. The molecule has 0 radical (unpaired) electrons. The van der Waals surface area contributed by atoms with Crippen LogP contribution in [0.3, 0.4) is 0 Å². The molecule has 0 spiro atoms. The summed E-state index contributed by atoms with van der Waals surface area (Å²) in [6.45, 7) is 0.0940. The Morgan fingerprint density at radius 1 is 1.10 bits per heavy atom. The van der Waals surface area contributed by atoms with Gasteiger partial charge in [-0.15, -0.1) is 0 Å². The van der Waals surface area contributed by atoms with Gasteiger partial charge in [0.05, 0.1) is 5.02 Å². The van der Waals surface area contributed by atoms with Crippen LogP contribution in [0.2, 0.25) is 10.0 Å². The van der Waals surface area contributed by atoms with Crippen molar-refractivity contribution < 1.29 is 4.74 Å². The highest BCUT2D eigenvalue weighted by molar-refractivity contribution is 6.42. The summed E-state index contributed by atoms with van der Waals surface area (Å²) in [4.78, 5) is 16.5. The second kappa shape index (κ2) is 5.67. The fourth-order valence-electron chi connectivity index (χ4n) is 1.73. The van der Waals surface area contributed by atoms with Gasteiger partial charge in [0.2, 0.25) is 0 Å². The van der Waals surface area contributed by atoms with E-state index in [1.54, 1.807) is 18.2 Å². The molecule has 0 saturated heterocycles. The van der Waals surface area contributed by atoms with E-state index in [4.69, 9.17) is 33.7 Å². The molecule has 0 atom stereocenters. The lowest BCUT2D eigenvalue weighted by Crippen LogP contribution is -2.06. The van der Waals surface area contributed by atoms with Gasteiger partial charge in [-0.25, -0.2) is 19.9 Å². The van der Waals surface area contributed by atoms with Crippen LogP contribution in [0, 0.1) is 0 Å². The smallest absolute Gasteiger partial charge is 0.183 e. The minimum Gasteiger partial charge on any atom is -0.484 e. The molecule has 6 nitrogen and oxygen atoms in total. The average Bonchev–Trinajstić information content (AvgIpc) is 2.49. The Morgan fingerprint density at radius 3 is 2.76 bits per heavy atom. The number of anilines is 1. The highest BCUT2D eigenvalue weighted by Gasteiger charge is 2.10. The maximum atomic E-state index is 6.04. The largest absolute Gasteiger partial charge is 0.484 e. The zero-order valence-corrected chi connectivity index (χ0v) is 12.1. The zero-order chi connectivity index (χ0) is 14.8. The summed E-state index contributed by atoms with van der Waals surface area (Å²) in [6, 6.07) is 5.12. The van der Waals surface area contributed by atoms with Gasteiger partial charge in [-0.1, -0.05) is 29.3 Å². The van der Waals surface area contributed by atoms with Crippen molar-refractivity contribution in [2.75, 3.05) is 5.73 Å². The van der Waals surface area contributed by atoms with Crippen molar-refractivity contribution >= 4 is 40.2 Å². The van der Waals surface area contributed by atoms with E-state index < -0.39 is 0 Å². The fraction of sp³-hybridized carbons (Fsp3) is 0.0769. The topological polar surface area (TPSA) is 86.8 Å². The molecule has 0 bridgehead atoms. The molecule has 8 heteroatoms. The first kappa shape index (κ1) is 13.8. The first-order valence-corrected chi connectivity index (χ1v) is 6.70. The predicted molar refractivity (Wildman–Crippen MR) is 80.3 cm³/mol. The number of rotatable bonds is 3. The summed E-state index contributed by atoms with van der Waals surface area (Å²) in [5.41, 5.74) is 6.70. The van der Waals surface area contributed by atoms with Gasteiger partial charge in [0.25, 0.3) is 0 Å². The number of nitrogen functional groups attached to an aromatic ring is 1. The van der Waals surface area contributed by atoms with Crippen LogP contribution in [-0.2, 0) is 6.61 Å². The third-order valence-electron chi connectivity index (χ3n) is 2.68. The van der Waals surface area contributed by atoms with E-state index >= 15 is 0 Å². The summed E-state index contributed by atoms with van der Waals surface area (Å²) in [7, 11) is 0. The third-order valence-corrected chi connectivity index (χ3v) is 3.48. The van der Waals surface area contributed by atoms with Gasteiger partial charge < -0.3 is 10.5 Å². The molecule has 1 aromatic carbocycles. The molecule has 0 fully saturated rings. The molecular formula is C13H9Cl2N5O. The Labute approximate surface area is 129 Å². The molecule has 3 aromatic rings. The Morgan fingerprint density at radius 2 is 1.90 bits per heavy atom. The minimum absolute atomic E-state index is 0.0940. The number of nitrogens with zero attached hydrogens (tertiary/aromatic N) is 4. The van der Waals surface area contributed by atoms with Crippen molar-refractivity contribution in [3.8, 4) is 5.75 Å². The monoisotopic (exact) mass is 321 g/mol. The minimum atomic E-state index is 0.0940. The molecule has 0 unspecified atom stereocenters. The van der Waals surface area contributed by atoms with Crippen molar-refractivity contribution in [1.82, 2.24) is 19.9 Å². The molecular weight excluding hydrogens is 313 g/mol. The van der Waals surface area contributed by atoms with E-state index in [1.165, 1.54) is 12.4 Å². The summed E-state index contributed by atoms with van der Waals surface area (Å²) >= 11 is 12.0. The summed E-state index contributed by atoms with van der Waals surface area (Å²) < 4.78 is 5.56. The predicted octanol–water partition coefficient (Wildman–Crippen LogP) is 2.89. The van der Waals surface area contributed by atoms with Crippen LogP contribution in [0.4, 0.5) is 5.82 Å². The number of benzene rings is 1. The molecule has 2 aromatic heterocycles. The number of hydrogen-bond donors (Lipinski definition) is 1.